The quantitative estimate of drug-likeness (QED) is 0.693. The van der Waals surface area contributed by atoms with Gasteiger partial charge in [-0.05, 0) is 42.7 Å². The Labute approximate surface area is 127 Å². The maximum Gasteiger partial charge on any atom is 0.0525 e. The van der Waals surface area contributed by atoms with Crippen LogP contribution in [-0.2, 0) is 13.1 Å². The highest BCUT2D eigenvalue weighted by molar-refractivity contribution is 5.83. The molecule has 0 amide bonds. The van der Waals surface area contributed by atoms with Gasteiger partial charge in [0.1, 0.15) is 0 Å². The molecule has 1 aliphatic carbocycles. The lowest BCUT2D eigenvalue weighted by Crippen LogP contribution is -2.16. The van der Waals surface area contributed by atoms with Crippen LogP contribution in [0.25, 0.3) is 10.9 Å². The molecule has 0 spiro atoms. The summed E-state index contributed by atoms with van der Waals surface area (Å²) in [6.45, 7) is 2.38. The minimum absolute atomic E-state index is 0.323. The summed E-state index contributed by atoms with van der Waals surface area (Å²) in [6, 6.07) is 9.60. The Morgan fingerprint density at radius 2 is 1.95 bits per heavy atom. The number of hydrogen-bond donors (Lipinski definition) is 2. The first-order valence-corrected chi connectivity index (χ1v) is 8.29. The van der Waals surface area contributed by atoms with Gasteiger partial charge < -0.3 is 15.0 Å². The number of rotatable bonds is 9. The number of hydrogen-bond acceptors (Lipinski definition) is 2. The van der Waals surface area contributed by atoms with Crippen LogP contribution in [0.1, 0.15) is 44.1 Å². The molecule has 0 saturated heterocycles. The van der Waals surface area contributed by atoms with Crippen molar-refractivity contribution in [3.8, 4) is 0 Å². The summed E-state index contributed by atoms with van der Waals surface area (Å²) >= 11 is 0. The number of aliphatic hydroxyl groups excluding tert-OH is 1. The van der Waals surface area contributed by atoms with E-state index in [4.69, 9.17) is 5.11 Å². The van der Waals surface area contributed by atoms with Gasteiger partial charge in [0.25, 0.3) is 0 Å². The van der Waals surface area contributed by atoms with Crippen LogP contribution in [-0.4, -0.2) is 22.3 Å². The van der Waals surface area contributed by atoms with E-state index in [-0.39, 0.29) is 0 Å². The van der Waals surface area contributed by atoms with Gasteiger partial charge in [0.15, 0.2) is 0 Å². The van der Waals surface area contributed by atoms with Crippen molar-refractivity contribution >= 4 is 10.9 Å². The fourth-order valence-electron chi connectivity index (χ4n) is 2.96. The number of aryl methyl sites for hydroxylation is 1. The standard InChI is InChI=1S/C18H26N2O/c21-13-4-2-1-3-11-20-12-10-15-6-5-7-16(18(15)20)14-19-17-8-9-17/h5-7,10,12,17,19,21H,1-4,8-9,11,13-14H2. The zero-order valence-electron chi connectivity index (χ0n) is 12.7. The van der Waals surface area contributed by atoms with E-state index in [9.17, 15) is 0 Å². The van der Waals surface area contributed by atoms with Crippen molar-refractivity contribution in [2.24, 2.45) is 0 Å². The number of unbranched alkanes of at least 4 members (excludes halogenated alkanes) is 3. The third-order valence-corrected chi connectivity index (χ3v) is 4.34. The van der Waals surface area contributed by atoms with E-state index in [2.05, 4.69) is 40.3 Å². The van der Waals surface area contributed by atoms with Crippen LogP contribution >= 0.6 is 0 Å². The molecule has 114 valence electrons. The van der Waals surface area contributed by atoms with E-state index in [0.29, 0.717) is 6.61 Å². The topological polar surface area (TPSA) is 37.2 Å². The molecule has 21 heavy (non-hydrogen) atoms. The number of aliphatic hydroxyl groups is 1. The lowest BCUT2D eigenvalue weighted by atomic mass is 10.1. The second-order valence-corrected chi connectivity index (χ2v) is 6.16. The second kappa shape index (κ2) is 7.10. The molecule has 1 saturated carbocycles. The molecule has 0 atom stereocenters. The Bertz CT molecular complexity index is 572. The summed E-state index contributed by atoms with van der Waals surface area (Å²) in [5, 5.41) is 13.8. The average molecular weight is 286 g/mol. The van der Waals surface area contributed by atoms with Crippen molar-refractivity contribution in [3.63, 3.8) is 0 Å². The summed E-state index contributed by atoms with van der Waals surface area (Å²) in [6.07, 6.45) is 9.34. The van der Waals surface area contributed by atoms with Crippen LogP contribution in [0.4, 0.5) is 0 Å². The Hall–Kier alpha value is -1.32. The van der Waals surface area contributed by atoms with Gasteiger partial charge in [0.2, 0.25) is 0 Å². The van der Waals surface area contributed by atoms with E-state index in [0.717, 1.165) is 32.0 Å². The van der Waals surface area contributed by atoms with Crippen LogP contribution in [0.3, 0.4) is 0 Å². The molecule has 0 radical (unpaired) electrons. The first-order chi connectivity index (χ1) is 10.4. The van der Waals surface area contributed by atoms with E-state index in [1.54, 1.807) is 0 Å². The average Bonchev–Trinajstić information content (AvgIpc) is 3.24. The van der Waals surface area contributed by atoms with Crippen molar-refractivity contribution < 1.29 is 5.11 Å². The normalized spacial score (nSPS) is 14.9. The van der Waals surface area contributed by atoms with Gasteiger partial charge in [0, 0.05) is 31.9 Å². The van der Waals surface area contributed by atoms with Crippen LogP contribution in [0.15, 0.2) is 30.5 Å². The van der Waals surface area contributed by atoms with Gasteiger partial charge in [0.05, 0.1) is 5.52 Å². The van der Waals surface area contributed by atoms with Gasteiger partial charge >= 0.3 is 0 Å². The number of nitrogens with one attached hydrogen (secondary N) is 1. The summed E-state index contributed by atoms with van der Waals surface area (Å²) in [7, 11) is 0. The number of fused-ring (bicyclic) bond motifs is 1. The zero-order valence-corrected chi connectivity index (χ0v) is 12.7. The van der Waals surface area contributed by atoms with E-state index in [1.807, 2.05) is 0 Å². The van der Waals surface area contributed by atoms with Crippen molar-refractivity contribution in [2.75, 3.05) is 6.61 Å². The van der Waals surface area contributed by atoms with Crippen LogP contribution in [0.2, 0.25) is 0 Å². The third-order valence-electron chi connectivity index (χ3n) is 4.34. The zero-order chi connectivity index (χ0) is 14.5. The van der Waals surface area contributed by atoms with Gasteiger partial charge in [-0.3, -0.25) is 0 Å². The van der Waals surface area contributed by atoms with Crippen LogP contribution < -0.4 is 5.32 Å². The highest BCUT2D eigenvalue weighted by Crippen LogP contribution is 2.24. The maximum atomic E-state index is 8.82. The van der Waals surface area contributed by atoms with E-state index >= 15 is 0 Å². The molecular formula is C18H26N2O. The predicted octanol–water partition coefficient (Wildman–Crippen LogP) is 3.45. The molecule has 3 nitrogen and oxygen atoms in total. The lowest BCUT2D eigenvalue weighted by Gasteiger charge is -2.10. The number of para-hydroxylation sites is 1. The monoisotopic (exact) mass is 286 g/mol. The number of nitrogens with zero attached hydrogens (tertiary/aromatic N) is 1. The molecule has 1 heterocycles. The minimum Gasteiger partial charge on any atom is -0.396 e. The van der Waals surface area contributed by atoms with Crippen molar-refractivity contribution in [3.05, 3.63) is 36.0 Å². The molecule has 1 fully saturated rings. The lowest BCUT2D eigenvalue weighted by molar-refractivity contribution is 0.282. The molecule has 3 heteroatoms. The Kier molecular flexibility index (Phi) is 4.94. The first kappa shape index (κ1) is 14.6. The largest absolute Gasteiger partial charge is 0.396 e. The molecule has 3 rings (SSSR count). The van der Waals surface area contributed by atoms with E-state index < -0.39 is 0 Å². The van der Waals surface area contributed by atoms with Gasteiger partial charge in [-0.1, -0.05) is 31.0 Å². The molecule has 0 bridgehead atoms. The van der Waals surface area contributed by atoms with Crippen molar-refractivity contribution in [1.29, 1.82) is 0 Å². The molecular weight excluding hydrogens is 260 g/mol. The summed E-state index contributed by atoms with van der Waals surface area (Å²) in [5.74, 6) is 0. The fourth-order valence-corrected chi connectivity index (χ4v) is 2.96. The Morgan fingerprint density at radius 1 is 1.10 bits per heavy atom. The Balaban J connectivity index is 1.66. The minimum atomic E-state index is 0.323. The first-order valence-electron chi connectivity index (χ1n) is 8.29. The fraction of sp³-hybridized carbons (Fsp3) is 0.556. The third kappa shape index (κ3) is 3.86. The molecule has 1 aromatic carbocycles. The summed E-state index contributed by atoms with van der Waals surface area (Å²) in [4.78, 5) is 0. The smallest absolute Gasteiger partial charge is 0.0525 e. The van der Waals surface area contributed by atoms with E-state index in [1.165, 1.54) is 42.1 Å². The molecule has 0 unspecified atom stereocenters. The highest BCUT2D eigenvalue weighted by Gasteiger charge is 2.20. The van der Waals surface area contributed by atoms with Gasteiger partial charge in [-0.25, -0.2) is 0 Å². The number of benzene rings is 1. The summed E-state index contributed by atoms with van der Waals surface area (Å²) in [5.41, 5.74) is 2.81. The molecule has 1 aliphatic rings. The van der Waals surface area contributed by atoms with Crippen molar-refractivity contribution in [1.82, 2.24) is 9.88 Å². The molecule has 1 aromatic heterocycles. The van der Waals surface area contributed by atoms with Crippen molar-refractivity contribution in [2.45, 2.75) is 57.7 Å². The van der Waals surface area contributed by atoms with Crippen LogP contribution in [0.5, 0.6) is 0 Å². The van der Waals surface area contributed by atoms with Gasteiger partial charge in [-0.15, -0.1) is 0 Å². The second-order valence-electron chi connectivity index (χ2n) is 6.16. The van der Waals surface area contributed by atoms with Gasteiger partial charge in [-0.2, -0.15) is 0 Å². The SMILES string of the molecule is OCCCCCCn1ccc2cccc(CNC3CC3)c21. The highest BCUT2D eigenvalue weighted by atomic mass is 16.2. The van der Waals surface area contributed by atoms with Crippen LogP contribution in [0, 0.1) is 0 Å². The molecule has 2 N–H and O–H groups in total. The predicted molar refractivity (Wildman–Crippen MR) is 87.4 cm³/mol. The Morgan fingerprint density at radius 3 is 2.76 bits per heavy atom. The number of aromatic nitrogens is 1. The molecule has 2 aromatic rings. The summed E-state index contributed by atoms with van der Waals surface area (Å²) < 4.78 is 2.40. The molecule has 0 aliphatic heterocycles. The maximum absolute atomic E-state index is 8.82.